The number of methoxy groups -OCH3 is 2. The van der Waals surface area contributed by atoms with Crippen molar-refractivity contribution < 1.29 is 9.47 Å². The van der Waals surface area contributed by atoms with Crippen LogP contribution >= 0.6 is 11.8 Å². The van der Waals surface area contributed by atoms with Crippen molar-refractivity contribution in [2.75, 3.05) is 20.5 Å². The van der Waals surface area contributed by atoms with Crippen molar-refractivity contribution in [1.82, 2.24) is 5.43 Å². The van der Waals surface area contributed by atoms with Gasteiger partial charge >= 0.3 is 0 Å². The second kappa shape index (κ2) is 5.95. The Labute approximate surface area is 99.4 Å². The molecule has 0 radical (unpaired) electrons. The Morgan fingerprint density at radius 3 is 2.31 bits per heavy atom. The van der Waals surface area contributed by atoms with Gasteiger partial charge in [0, 0.05) is 5.56 Å². The molecule has 1 aromatic carbocycles. The van der Waals surface area contributed by atoms with Crippen molar-refractivity contribution in [3.8, 4) is 11.5 Å². The lowest BCUT2D eigenvalue weighted by Crippen LogP contribution is -2.34. The third-order valence-corrected chi connectivity index (χ3v) is 3.01. The first kappa shape index (κ1) is 13.1. The Bertz CT molecular complexity index is 360. The van der Waals surface area contributed by atoms with E-state index in [-0.39, 0.29) is 0 Å². The number of rotatable bonds is 5. The third kappa shape index (κ3) is 2.59. The molecular formula is C10H17N3O2S. The van der Waals surface area contributed by atoms with Crippen LogP contribution < -0.4 is 26.5 Å². The number of benzene rings is 1. The molecule has 0 aliphatic rings. The molecule has 0 amide bonds. The molecule has 1 atom stereocenters. The van der Waals surface area contributed by atoms with E-state index < -0.39 is 6.17 Å². The molecule has 0 heterocycles. The standard InChI is InChI=1S/C10H17N3O2S/c1-14-7-5-9(16-3)8(15-2)4-6(7)10(11)13-12/h4-5,10,13H,11-12H2,1-3H3. The van der Waals surface area contributed by atoms with Crippen LogP contribution in [0.4, 0.5) is 0 Å². The van der Waals surface area contributed by atoms with E-state index in [1.165, 1.54) is 0 Å². The summed E-state index contributed by atoms with van der Waals surface area (Å²) in [5.41, 5.74) is 9.05. The van der Waals surface area contributed by atoms with E-state index in [2.05, 4.69) is 5.43 Å². The third-order valence-electron chi connectivity index (χ3n) is 2.25. The maximum atomic E-state index is 5.81. The van der Waals surface area contributed by atoms with Crippen molar-refractivity contribution in [3.63, 3.8) is 0 Å². The van der Waals surface area contributed by atoms with Crippen LogP contribution in [0, 0.1) is 0 Å². The monoisotopic (exact) mass is 243 g/mol. The first-order chi connectivity index (χ1) is 7.67. The molecule has 0 fully saturated rings. The fraction of sp³-hybridized carbons (Fsp3) is 0.400. The van der Waals surface area contributed by atoms with Crippen LogP contribution in [-0.4, -0.2) is 20.5 Å². The predicted molar refractivity (Wildman–Crippen MR) is 65.6 cm³/mol. The zero-order valence-electron chi connectivity index (χ0n) is 9.61. The lowest BCUT2D eigenvalue weighted by molar-refractivity contribution is 0.384. The highest BCUT2D eigenvalue weighted by Crippen LogP contribution is 2.35. The highest BCUT2D eigenvalue weighted by Gasteiger charge is 2.15. The quantitative estimate of drug-likeness (QED) is 0.308. The average Bonchev–Trinajstić information content (AvgIpc) is 2.35. The zero-order chi connectivity index (χ0) is 12.1. The summed E-state index contributed by atoms with van der Waals surface area (Å²) in [6, 6.07) is 3.71. The SMILES string of the molecule is COc1cc(C(N)NN)c(OC)cc1SC. The summed E-state index contributed by atoms with van der Waals surface area (Å²) in [6.45, 7) is 0. The van der Waals surface area contributed by atoms with Gasteiger partial charge in [0.1, 0.15) is 11.5 Å². The molecule has 5 N–H and O–H groups in total. The van der Waals surface area contributed by atoms with Gasteiger partial charge in [-0.05, 0) is 18.4 Å². The fourth-order valence-corrected chi connectivity index (χ4v) is 1.95. The minimum Gasteiger partial charge on any atom is -0.496 e. The molecule has 0 saturated carbocycles. The van der Waals surface area contributed by atoms with Crippen molar-refractivity contribution in [1.29, 1.82) is 0 Å². The van der Waals surface area contributed by atoms with E-state index in [0.29, 0.717) is 5.75 Å². The summed E-state index contributed by atoms with van der Waals surface area (Å²) in [6.07, 6.45) is 1.48. The van der Waals surface area contributed by atoms with Gasteiger partial charge in [0.15, 0.2) is 0 Å². The molecule has 6 heteroatoms. The van der Waals surface area contributed by atoms with Gasteiger partial charge in [-0.2, -0.15) is 0 Å². The van der Waals surface area contributed by atoms with Gasteiger partial charge in [0.05, 0.1) is 25.3 Å². The van der Waals surface area contributed by atoms with Gasteiger partial charge in [-0.25, -0.2) is 5.43 Å². The maximum Gasteiger partial charge on any atom is 0.133 e. The molecular weight excluding hydrogens is 226 g/mol. The molecule has 5 nitrogen and oxygen atoms in total. The van der Waals surface area contributed by atoms with Gasteiger partial charge in [0.2, 0.25) is 0 Å². The number of nitrogens with one attached hydrogen (secondary N) is 1. The van der Waals surface area contributed by atoms with E-state index in [4.69, 9.17) is 21.1 Å². The number of hydrogen-bond acceptors (Lipinski definition) is 6. The van der Waals surface area contributed by atoms with Crippen LogP contribution in [-0.2, 0) is 0 Å². The van der Waals surface area contributed by atoms with Gasteiger partial charge in [0.25, 0.3) is 0 Å². The molecule has 1 aromatic rings. The summed E-state index contributed by atoms with van der Waals surface area (Å²) in [5, 5.41) is 0. The number of thioether (sulfide) groups is 1. The first-order valence-corrected chi connectivity index (χ1v) is 5.92. The Morgan fingerprint density at radius 1 is 1.25 bits per heavy atom. The highest BCUT2D eigenvalue weighted by molar-refractivity contribution is 7.98. The van der Waals surface area contributed by atoms with Crippen LogP contribution in [0.3, 0.4) is 0 Å². The Morgan fingerprint density at radius 2 is 1.88 bits per heavy atom. The zero-order valence-corrected chi connectivity index (χ0v) is 10.4. The summed E-state index contributed by atoms with van der Waals surface area (Å²) in [5.74, 6) is 6.76. The highest BCUT2D eigenvalue weighted by atomic mass is 32.2. The second-order valence-corrected chi connectivity index (χ2v) is 3.94. The van der Waals surface area contributed by atoms with Crippen molar-refractivity contribution >= 4 is 11.8 Å². The number of ether oxygens (including phenoxy) is 2. The predicted octanol–water partition coefficient (Wildman–Crippen LogP) is 0.846. The van der Waals surface area contributed by atoms with Gasteiger partial charge in [-0.15, -0.1) is 11.8 Å². The number of hydrazine groups is 1. The molecule has 1 unspecified atom stereocenters. The summed E-state index contributed by atoms with van der Waals surface area (Å²) in [7, 11) is 3.21. The fourth-order valence-electron chi connectivity index (χ4n) is 1.39. The molecule has 0 saturated heterocycles. The smallest absolute Gasteiger partial charge is 0.133 e. The Hall–Kier alpha value is -0.950. The van der Waals surface area contributed by atoms with Crippen LogP contribution in [0.5, 0.6) is 11.5 Å². The molecule has 0 spiro atoms. The van der Waals surface area contributed by atoms with E-state index >= 15 is 0 Å². The van der Waals surface area contributed by atoms with E-state index in [9.17, 15) is 0 Å². The van der Waals surface area contributed by atoms with Crippen molar-refractivity contribution in [2.24, 2.45) is 11.6 Å². The Kier molecular flexibility index (Phi) is 4.88. The molecule has 90 valence electrons. The molecule has 0 aromatic heterocycles. The van der Waals surface area contributed by atoms with E-state index in [1.54, 1.807) is 26.0 Å². The molecule has 16 heavy (non-hydrogen) atoms. The average molecular weight is 243 g/mol. The summed E-state index contributed by atoms with van der Waals surface area (Å²) < 4.78 is 10.5. The van der Waals surface area contributed by atoms with Gasteiger partial charge in [-0.3, -0.25) is 5.84 Å². The normalized spacial score (nSPS) is 12.3. The van der Waals surface area contributed by atoms with Crippen LogP contribution in [0.2, 0.25) is 0 Å². The van der Waals surface area contributed by atoms with Crippen molar-refractivity contribution in [3.05, 3.63) is 17.7 Å². The Balaban J connectivity index is 3.25. The van der Waals surface area contributed by atoms with Gasteiger partial charge in [-0.1, -0.05) is 0 Å². The largest absolute Gasteiger partial charge is 0.496 e. The molecule has 0 aliphatic carbocycles. The first-order valence-electron chi connectivity index (χ1n) is 4.69. The van der Waals surface area contributed by atoms with Crippen LogP contribution in [0.1, 0.15) is 11.7 Å². The van der Waals surface area contributed by atoms with Crippen LogP contribution in [0.25, 0.3) is 0 Å². The molecule has 1 rings (SSSR count). The minimum absolute atomic E-state index is 0.486. The summed E-state index contributed by atoms with van der Waals surface area (Å²) >= 11 is 1.58. The lowest BCUT2D eigenvalue weighted by atomic mass is 10.1. The number of hydrogen-bond donors (Lipinski definition) is 3. The molecule has 0 aliphatic heterocycles. The van der Waals surface area contributed by atoms with Crippen molar-refractivity contribution in [2.45, 2.75) is 11.1 Å². The van der Waals surface area contributed by atoms with E-state index in [1.807, 2.05) is 18.4 Å². The van der Waals surface area contributed by atoms with E-state index in [0.717, 1.165) is 16.2 Å². The molecule has 0 bridgehead atoms. The second-order valence-electron chi connectivity index (χ2n) is 3.09. The van der Waals surface area contributed by atoms with Gasteiger partial charge < -0.3 is 15.2 Å². The number of nitrogens with two attached hydrogens (primary N) is 2. The summed E-state index contributed by atoms with van der Waals surface area (Å²) in [4.78, 5) is 0.993. The van der Waals surface area contributed by atoms with Crippen LogP contribution in [0.15, 0.2) is 17.0 Å². The topological polar surface area (TPSA) is 82.5 Å². The lowest BCUT2D eigenvalue weighted by Gasteiger charge is -2.17. The maximum absolute atomic E-state index is 5.81. The minimum atomic E-state index is -0.486.